The minimum atomic E-state index is 0.0271. The number of aromatic amines is 1. The Hall–Kier alpha value is -1.98. The summed E-state index contributed by atoms with van der Waals surface area (Å²) in [4.78, 5) is 24.7. The monoisotopic (exact) mass is 353 g/mol. The van der Waals surface area contributed by atoms with E-state index in [0.717, 1.165) is 41.8 Å². The molecule has 1 aliphatic rings. The van der Waals surface area contributed by atoms with Crippen molar-refractivity contribution < 1.29 is 0 Å². The van der Waals surface area contributed by atoms with Gasteiger partial charge in [-0.25, -0.2) is 4.98 Å². The number of nitrogens with one attached hydrogen (secondary N) is 1. The predicted octanol–water partition coefficient (Wildman–Crippen LogP) is 3.72. The summed E-state index contributed by atoms with van der Waals surface area (Å²) >= 11 is 1.70. The van der Waals surface area contributed by atoms with E-state index in [0.29, 0.717) is 6.54 Å². The van der Waals surface area contributed by atoms with Gasteiger partial charge in [0.05, 0.1) is 11.9 Å². The zero-order valence-electron chi connectivity index (χ0n) is 15.0. The Morgan fingerprint density at radius 1 is 1.24 bits per heavy atom. The Balaban J connectivity index is 1.57. The standard InChI is InChI=1S/C20H23N3OS/c1-12-7-8-14(13(2)9-12)10-23(3)11-17-21-19(24)18-15-5-4-6-16(15)25-20(18)22-17/h7-9H,4-6,10-11H2,1-3H3,(H,21,22,24). The van der Waals surface area contributed by atoms with Gasteiger partial charge >= 0.3 is 0 Å². The smallest absolute Gasteiger partial charge is 0.259 e. The molecule has 0 bridgehead atoms. The molecule has 0 radical (unpaired) electrons. The molecule has 0 fully saturated rings. The highest BCUT2D eigenvalue weighted by Crippen LogP contribution is 2.34. The molecule has 0 unspecified atom stereocenters. The highest BCUT2D eigenvalue weighted by Gasteiger charge is 2.21. The second kappa shape index (κ2) is 6.39. The van der Waals surface area contributed by atoms with Gasteiger partial charge in [-0.05, 0) is 56.8 Å². The van der Waals surface area contributed by atoms with E-state index in [1.807, 2.05) is 0 Å². The minimum absolute atomic E-state index is 0.0271. The van der Waals surface area contributed by atoms with Gasteiger partial charge in [0.15, 0.2) is 0 Å². The molecule has 0 saturated heterocycles. The molecule has 130 valence electrons. The fourth-order valence-electron chi connectivity index (χ4n) is 3.75. The van der Waals surface area contributed by atoms with Crippen molar-refractivity contribution in [1.29, 1.82) is 0 Å². The summed E-state index contributed by atoms with van der Waals surface area (Å²) in [6, 6.07) is 6.54. The third-order valence-electron chi connectivity index (χ3n) is 4.98. The first-order valence-corrected chi connectivity index (χ1v) is 9.61. The molecule has 0 amide bonds. The van der Waals surface area contributed by atoms with Crippen LogP contribution >= 0.6 is 11.3 Å². The fourth-order valence-corrected chi connectivity index (χ4v) is 5.03. The zero-order chi connectivity index (χ0) is 17.6. The van der Waals surface area contributed by atoms with Crippen LogP contribution in [0.2, 0.25) is 0 Å². The lowest BCUT2D eigenvalue weighted by molar-refractivity contribution is 0.310. The first-order valence-electron chi connectivity index (χ1n) is 8.79. The summed E-state index contributed by atoms with van der Waals surface area (Å²) < 4.78 is 0. The van der Waals surface area contributed by atoms with E-state index in [-0.39, 0.29) is 5.56 Å². The number of hydrogen-bond donors (Lipinski definition) is 1. The normalized spacial score (nSPS) is 13.8. The summed E-state index contributed by atoms with van der Waals surface area (Å²) in [5.74, 6) is 0.754. The highest BCUT2D eigenvalue weighted by atomic mass is 32.1. The van der Waals surface area contributed by atoms with Crippen molar-refractivity contribution in [2.75, 3.05) is 7.05 Å². The van der Waals surface area contributed by atoms with Crippen LogP contribution in [0.4, 0.5) is 0 Å². The number of aromatic nitrogens is 2. The largest absolute Gasteiger partial charge is 0.309 e. The molecule has 1 aromatic carbocycles. The summed E-state index contributed by atoms with van der Waals surface area (Å²) in [6.07, 6.45) is 3.28. The third-order valence-corrected chi connectivity index (χ3v) is 6.17. The van der Waals surface area contributed by atoms with Crippen LogP contribution in [0.3, 0.4) is 0 Å². The maximum Gasteiger partial charge on any atom is 0.259 e. The van der Waals surface area contributed by atoms with E-state index in [9.17, 15) is 4.79 Å². The molecule has 25 heavy (non-hydrogen) atoms. The number of hydrogen-bond acceptors (Lipinski definition) is 4. The molecule has 4 rings (SSSR count). The molecule has 4 nitrogen and oxygen atoms in total. The summed E-state index contributed by atoms with van der Waals surface area (Å²) in [5, 5.41) is 0.832. The lowest BCUT2D eigenvalue weighted by Gasteiger charge is -2.17. The SMILES string of the molecule is Cc1ccc(CN(C)Cc2nc3sc4c(c3c(=O)[nH]2)CCC4)c(C)c1. The van der Waals surface area contributed by atoms with Crippen LogP contribution in [-0.4, -0.2) is 21.9 Å². The lowest BCUT2D eigenvalue weighted by atomic mass is 10.1. The van der Waals surface area contributed by atoms with Gasteiger partial charge in [0, 0.05) is 11.4 Å². The number of thiophene rings is 1. The van der Waals surface area contributed by atoms with Gasteiger partial charge in [0.2, 0.25) is 0 Å². The maximum absolute atomic E-state index is 12.5. The Morgan fingerprint density at radius 2 is 2.08 bits per heavy atom. The minimum Gasteiger partial charge on any atom is -0.309 e. The van der Waals surface area contributed by atoms with Gasteiger partial charge in [0.1, 0.15) is 10.7 Å². The van der Waals surface area contributed by atoms with E-state index >= 15 is 0 Å². The Kier molecular flexibility index (Phi) is 4.21. The van der Waals surface area contributed by atoms with E-state index in [2.05, 4.69) is 49.0 Å². The molecule has 0 saturated carbocycles. The highest BCUT2D eigenvalue weighted by molar-refractivity contribution is 7.18. The van der Waals surface area contributed by atoms with Crippen LogP contribution < -0.4 is 5.56 Å². The topological polar surface area (TPSA) is 49.0 Å². The molecule has 0 atom stereocenters. The van der Waals surface area contributed by atoms with Crippen LogP contribution in [-0.2, 0) is 25.9 Å². The van der Waals surface area contributed by atoms with Crippen molar-refractivity contribution in [2.24, 2.45) is 0 Å². The molecule has 0 aliphatic heterocycles. The Morgan fingerprint density at radius 3 is 2.88 bits per heavy atom. The first kappa shape index (κ1) is 16.5. The molecule has 1 N–H and O–H groups in total. The van der Waals surface area contributed by atoms with Crippen LogP contribution in [0.25, 0.3) is 10.2 Å². The van der Waals surface area contributed by atoms with Crippen molar-refractivity contribution in [3.8, 4) is 0 Å². The Labute approximate surface area is 151 Å². The first-order chi connectivity index (χ1) is 12.0. The second-order valence-corrected chi connectivity index (χ2v) is 8.24. The van der Waals surface area contributed by atoms with E-state index in [1.165, 1.54) is 27.1 Å². The molecular formula is C20H23N3OS. The van der Waals surface area contributed by atoms with Crippen LogP contribution in [0.15, 0.2) is 23.0 Å². The predicted molar refractivity (Wildman–Crippen MR) is 103 cm³/mol. The Bertz CT molecular complexity index is 1000. The molecular weight excluding hydrogens is 330 g/mol. The number of H-pyrrole nitrogens is 1. The van der Waals surface area contributed by atoms with Gasteiger partial charge in [-0.15, -0.1) is 11.3 Å². The molecule has 2 aromatic heterocycles. The van der Waals surface area contributed by atoms with Crippen molar-refractivity contribution >= 4 is 21.6 Å². The van der Waals surface area contributed by atoms with Crippen LogP contribution in [0.1, 0.15) is 39.4 Å². The van der Waals surface area contributed by atoms with Gasteiger partial charge in [-0.3, -0.25) is 9.69 Å². The quantitative estimate of drug-likeness (QED) is 0.778. The number of fused-ring (bicyclic) bond motifs is 3. The average Bonchev–Trinajstić information content (AvgIpc) is 3.10. The lowest BCUT2D eigenvalue weighted by Crippen LogP contribution is -2.22. The van der Waals surface area contributed by atoms with Crippen LogP contribution in [0, 0.1) is 13.8 Å². The number of aryl methyl sites for hydroxylation is 4. The van der Waals surface area contributed by atoms with Crippen molar-refractivity contribution in [2.45, 2.75) is 46.2 Å². The molecule has 3 aromatic rings. The summed E-state index contributed by atoms with van der Waals surface area (Å²) in [6.45, 7) is 5.74. The van der Waals surface area contributed by atoms with Gasteiger partial charge in [0.25, 0.3) is 5.56 Å². The average molecular weight is 353 g/mol. The second-order valence-electron chi connectivity index (χ2n) is 7.15. The van der Waals surface area contributed by atoms with Crippen molar-refractivity contribution in [3.63, 3.8) is 0 Å². The van der Waals surface area contributed by atoms with E-state index < -0.39 is 0 Å². The summed E-state index contributed by atoms with van der Waals surface area (Å²) in [5.41, 5.74) is 5.17. The maximum atomic E-state index is 12.5. The molecule has 2 heterocycles. The van der Waals surface area contributed by atoms with Crippen molar-refractivity contribution in [1.82, 2.24) is 14.9 Å². The third kappa shape index (κ3) is 3.14. The van der Waals surface area contributed by atoms with Gasteiger partial charge in [-0.2, -0.15) is 0 Å². The molecule has 5 heteroatoms. The van der Waals surface area contributed by atoms with Gasteiger partial charge < -0.3 is 4.98 Å². The number of rotatable bonds is 4. The van der Waals surface area contributed by atoms with Crippen LogP contribution in [0.5, 0.6) is 0 Å². The van der Waals surface area contributed by atoms with E-state index in [4.69, 9.17) is 4.98 Å². The molecule has 0 spiro atoms. The number of benzene rings is 1. The van der Waals surface area contributed by atoms with E-state index in [1.54, 1.807) is 11.3 Å². The van der Waals surface area contributed by atoms with Gasteiger partial charge in [-0.1, -0.05) is 23.8 Å². The number of nitrogens with zero attached hydrogens (tertiary/aromatic N) is 2. The fraction of sp³-hybridized carbons (Fsp3) is 0.400. The summed E-state index contributed by atoms with van der Waals surface area (Å²) in [7, 11) is 2.07. The van der Waals surface area contributed by atoms with Crippen molar-refractivity contribution in [3.05, 3.63) is 61.5 Å². The zero-order valence-corrected chi connectivity index (χ0v) is 15.8. The molecule has 1 aliphatic carbocycles.